The summed E-state index contributed by atoms with van der Waals surface area (Å²) < 4.78 is 0. The van der Waals surface area contributed by atoms with Crippen LogP contribution in [0.2, 0.25) is 0 Å². The first-order chi connectivity index (χ1) is 8.86. The minimum Gasteiger partial charge on any atom is -0.343 e. The zero-order chi connectivity index (χ0) is 14.0. The van der Waals surface area contributed by atoms with E-state index >= 15 is 0 Å². The predicted molar refractivity (Wildman–Crippen MR) is 79.2 cm³/mol. The van der Waals surface area contributed by atoms with Gasteiger partial charge in [0.25, 0.3) is 0 Å². The molecule has 104 valence electrons. The van der Waals surface area contributed by atoms with Gasteiger partial charge in [-0.15, -0.1) is 0 Å². The first-order valence-corrected chi connectivity index (χ1v) is 7.21. The van der Waals surface area contributed by atoms with Crippen LogP contribution in [0.3, 0.4) is 0 Å². The fourth-order valence-electron chi connectivity index (χ4n) is 2.78. The smallest absolute Gasteiger partial charge is 0.219 e. The highest BCUT2D eigenvalue weighted by Gasteiger charge is 2.24. The summed E-state index contributed by atoms with van der Waals surface area (Å²) >= 11 is 0. The van der Waals surface area contributed by atoms with Gasteiger partial charge < -0.3 is 4.90 Å². The van der Waals surface area contributed by atoms with E-state index in [1.54, 1.807) is 6.92 Å². The molecule has 0 aliphatic carbocycles. The van der Waals surface area contributed by atoms with E-state index < -0.39 is 0 Å². The average molecular weight is 259 g/mol. The Balaban J connectivity index is 2.03. The van der Waals surface area contributed by atoms with Crippen molar-refractivity contribution in [3.05, 3.63) is 35.4 Å². The van der Waals surface area contributed by atoms with Crippen molar-refractivity contribution in [1.82, 2.24) is 4.90 Å². The number of likely N-dealkylation sites (tertiary alicyclic amines) is 1. The third kappa shape index (κ3) is 3.59. The summed E-state index contributed by atoms with van der Waals surface area (Å²) in [6.45, 7) is 10.3. The van der Waals surface area contributed by atoms with E-state index in [0.29, 0.717) is 5.92 Å². The van der Waals surface area contributed by atoms with Gasteiger partial charge in [0.2, 0.25) is 5.91 Å². The fourth-order valence-corrected chi connectivity index (χ4v) is 2.78. The van der Waals surface area contributed by atoms with Gasteiger partial charge in [0.05, 0.1) is 0 Å². The molecule has 2 nitrogen and oxygen atoms in total. The van der Waals surface area contributed by atoms with Crippen molar-refractivity contribution >= 4 is 5.91 Å². The Morgan fingerprint density at radius 1 is 1.37 bits per heavy atom. The summed E-state index contributed by atoms with van der Waals surface area (Å²) in [5, 5.41) is 0. The lowest BCUT2D eigenvalue weighted by Crippen LogP contribution is -2.26. The molecule has 0 radical (unpaired) electrons. The van der Waals surface area contributed by atoms with Crippen molar-refractivity contribution in [2.75, 3.05) is 13.1 Å². The zero-order valence-corrected chi connectivity index (χ0v) is 12.6. The number of benzene rings is 1. The summed E-state index contributed by atoms with van der Waals surface area (Å²) in [7, 11) is 0. The first-order valence-electron chi connectivity index (χ1n) is 7.21. The number of nitrogens with zero attached hydrogens (tertiary/aromatic N) is 1. The molecule has 1 fully saturated rings. The fraction of sp³-hybridized carbons (Fsp3) is 0.588. The lowest BCUT2D eigenvalue weighted by Gasteiger charge is -2.20. The summed E-state index contributed by atoms with van der Waals surface area (Å²) in [5.74, 6) is 0.838. The number of hydrogen-bond donors (Lipinski definition) is 0. The highest BCUT2D eigenvalue weighted by Crippen LogP contribution is 2.26. The van der Waals surface area contributed by atoms with Crippen LogP contribution in [-0.2, 0) is 16.6 Å². The highest BCUT2D eigenvalue weighted by molar-refractivity contribution is 5.73. The van der Waals surface area contributed by atoms with Gasteiger partial charge in [0.15, 0.2) is 0 Å². The van der Waals surface area contributed by atoms with E-state index in [4.69, 9.17) is 0 Å². The van der Waals surface area contributed by atoms with E-state index in [1.165, 1.54) is 11.1 Å². The van der Waals surface area contributed by atoms with Crippen molar-refractivity contribution in [3.8, 4) is 0 Å². The number of hydrogen-bond acceptors (Lipinski definition) is 1. The van der Waals surface area contributed by atoms with Crippen LogP contribution in [0, 0.1) is 5.92 Å². The molecule has 0 unspecified atom stereocenters. The maximum Gasteiger partial charge on any atom is 0.219 e. The maximum atomic E-state index is 11.4. The monoisotopic (exact) mass is 259 g/mol. The molecule has 0 spiro atoms. The molecular weight excluding hydrogens is 234 g/mol. The van der Waals surface area contributed by atoms with Crippen molar-refractivity contribution in [1.29, 1.82) is 0 Å². The lowest BCUT2D eigenvalue weighted by atomic mass is 9.85. The predicted octanol–water partition coefficient (Wildman–Crippen LogP) is 3.40. The van der Waals surface area contributed by atoms with Crippen molar-refractivity contribution in [2.24, 2.45) is 5.92 Å². The molecule has 1 aromatic rings. The second-order valence-corrected chi connectivity index (χ2v) is 6.77. The van der Waals surface area contributed by atoms with Crippen molar-refractivity contribution < 1.29 is 4.79 Å². The molecule has 0 saturated carbocycles. The molecule has 19 heavy (non-hydrogen) atoms. The molecule has 1 aromatic carbocycles. The highest BCUT2D eigenvalue weighted by atomic mass is 16.2. The Morgan fingerprint density at radius 3 is 2.68 bits per heavy atom. The molecule has 1 heterocycles. The summed E-state index contributed by atoms with van der Waals surface area (Å²) in [6.07, 6.45) is 2.23. The second kappa shape index (κ2) is 5.36. The molecule has 2 rings (SSSR count). The van der Waals surface area contributed by atoms with Crippen LogP contribution in [0.4, 0.5) is 0 Å². The average Bonchev–Trinajstić information content (AvgIpc) is 2.77. The minimum atomic E-state index is 0.205. The van der Waals surface area contributed by atoms with Gasteiger partial charge in [0, 0.05) is 20.0 Å². The zero-order valence-electron chi connectivity index (χ0n) is 12.6. The van der Waals surface area contributed by atoms with Gasteiger partial charge in [-0.25, -0.2) is 0 Å². The topological polar surface area (TPSA) is 20.3 Å². The maximum absolute atomic E-state index is 11.4. The first kappa shape index (κ1) is 14.1. The van der Waals surface area contributed by atoms with E-state index in [1.807, 2.05) is 4.90 Å². The lowest BCUT2D eigenvalue weighted by molar-refractivity contribution is -0.127. The van der Waals surface area contributed by atoms with E-state index in [9.17, 15) is 4.79 Å². The SMILES string of the molecule is CC(=O)N1CC[C@@H](Cc2cccc(C(C)(C)C)c2)C1. The van der Waals surface area contributed by atoms with Crippen LogP contribution in [0.1, 0.15) is 45.2 Å². The van der Waals surface area contributed by atoms with E-state index in [2.05, 4.69) is 45.0 Å². The Bertz CT molecular complexity index is 459. The van der Waals surface area contributed by atoms with Crippen LogP contribution in [-0.4, -0.2) is 23.9 Å². The third-order valence-corrected chi connectivity index (χ3v) is 4.05. The molecule has 1 aliphatic heterocycles. The summed E-state index contributed by atoms with van der Waals surface area (Å²) in [5.41, 5.74) is 3.01. The molecule has 2 heteroatoms. The second-order valence-electron chi connectivity index (χ2n) is 6.77. The van der Waals surface area contributed by atoms with E-state index in [0.717, 1.165) is 25.9 Å². The Kier molecular flexibility index (Phi) is 3.98. The molecule has 0 bridgehead atoms. The van der Waals surface area contributed by atoms with Gasteiger partial charge >= 0.3 is 0 Å². The molecule has 0 aromatic heterocycles. The summed E-state index contributed by atoms with van der Waals surface area (Å²) in [4.78, 5) is 13.3. The van der Waals surface area contributed by atoms with Gasteiger partial charge in [-0.1, -0.05) is 45.0 Å². The quantitative estimate of drug-likeness (QED) is 0.797. The molecule has 1 aliphatic rings. The molecule has 0 N–H and O–H groups in total. The Hall–Kier alpha value is -1.31. The van der Waals surface area contributed by atoms with Crippen LogP contribution in [0.25, 0.3) is 0 Å². The normalized spacial score (nSPS) is 19.8. The molecular formula is C17H25NO. The standard InChI is InChI=1S/C17H25NO/c1-13(19)18-9-8-15(12-18)10-14-6-5-7-16(11-14)17(2,3)4/h5-7,11,15H,8-10,12H2,1-4H3/t15-/m0/s1. The number of carbonyl (C=O) groups is 1. The summed E-state index contributed by atoms with van der Waals surface area (Å²) in [6, 6.07) is 8.91. The number of rotatable bonds is 2. The van der Waals surface area contributed by atoms with Crippen molar-refractivity contribution in [3.63, 3.8) is 0 Å². The van der Waals surface area contributed by atoms with Gasteiger partial charge in [-0.3, -0.25) is 4.79 Å². The van der Waals surface area contributed by atoms with E-state index in [-0.39, 0.29) is 11.3 Å². The Labute approximate surface area is 116 Å². The molecule has 1 atom stereocenters. The number of carbonyl (C=O) groups excluding carboxylic acids is 1. The van der Waals surface area contributed by atoms with Gasteiger partial charge in [-0.05, 0) is 35.3 Å². The minimum absolute atomic E-state index is 0.205. The van der Waals surface area contributed by atoms with Crippen LogP contribution in [0.5, 0.6) is 0 Å². The van der Waals surface area contributed by atoms with Gasteiger partial charge in [-0.2, -0.15) is 0 Å². The van der Waals surface area contributed by atoms with Crippen LogP contribution in [0.15, 0.2) is 24.3 Å². The van der Waals surface area contributed by atoms with Crippen molar-refractivity contribution in [2.45, 2.75) is 46.0 Å². The Morgan fingerprint density at radius 2 is 2.11 bits per heavy atom. The number of amides is 1. The van der Waals surface area contributed by atoms with Crippen LogP contribution >= 0.6 is 0 Å². The van der Waals surface area contributed by atoms with Gasteiger partial charge in [0.1, 0.15) is 0 Å². The largest absolute Gasteiger partial charge is 0.343 e. The van der Waals surface area contributed by atoms with Crippen LogP contribution < -0.4 is 0 Å². The molecule has 1 saturated heterocycles. The third-order valence-electron chi connectivity index (χ3n) is 4.05. The molecule has 1 amide bonds.